The van der Waals surface area contributed by atoms with Crippen LogP contribution in [0.2, 0.25) is 0 Å². The zero-order valence-electron chi connectivity index (χ0n) is 16.8. The average Bonchev–Trinajstić information content (AvgIpc) is 3.15. The molecule has 0 bridgehead atoms. The molecule has 0 spiro atoms. The van der Waals surface area contributed by atoms with Gasteiger partial charge in [-0.3, -0.25) is 18.8 Å². The Balaban J connectivity index is 1.78. The Morgan fingerprint density at radius 1 is 1.18 bits per heavy atom. The summed E-state index contributed by atoms with van der Waals surface area (Å²) < 4.78 is 2.41. The first-order valence-corrected chi connectivity index (χ1v) is 9.67. The first-order chi connectivity index (χ1) is 13.5. The Morgan fingerprint density at radius 3 is 2.54 bits per heavy atom. The number of aromatic nitrogens is 2. The predicted molar refractivity (Wildman–Crippen MR) is 109 cm³/mol. The molecule has 1 fully saturated rings. The van der Waals surface area contributed by atoms with E-state index >= 15 is 0 Å². The minimum atomic E-state index is -0.531. The predicted octanol–water partition coefficient (Wildman–Crippen LogP) is 1.30. The van der Waals surface area contributed by atoms with Crippen LogP contribution in [0.1, 0.15) is 24.5 Å². The Bertz CT molecular complexity index is 987. The van der Waals surface area contributed by atoms with E-state index in [1.165, 1.54) is 17.2 Å². The van der Waals surface area contributed by atoms with E-state index in [1.807, 2.05) is 24.0 Å². The van der Waals surface area contributed by atoms with Crippen molar-refractivity contribution in [2.24, 2.45) is 20.0 Å². The Kier molecular flexibility index (Phi) is 6.00. The summed E-state index contributed by atoms with van der Waals surface area (Å²) in [5.41, 5.74) is 0.396. The summed E-state index contributed by atoms with van der Waals surface area (Å²) in [7, 11) is 3.03. The third-order valence-corrected chi connectivity index (χ3v) is 5.52. The number of benzene rings is 1. The standard InChI is InChI=1S/C21H27N5O2/c1-4-26(19-18(12-22)20(27)24(3)21(28)23(19)2)15-17-10-11-25(14-17)13-16-8-6-5-7-9-16/h5-9,17H,4,10-11,13-15H2,1-3H3. The molecule has 1 aliphatic heterocycles. The monoisotopic (exact) mass is 381 g/mol. The molecule has 0 N–H and O–H groups in total. The SMILES string of the molecule is CCN(CC1CCN(Cc2ccccc2)C1)c1c(C#N)c(=O)n(C)c(=O)n1C. The quantitative estimate of drug-likeness (QED) is 0.754. The molecule has 3 rings (SSSR count). The summed E-state index contributed by atoms with van der Waals surface area (Å²) in [6, 6.07) is 12.4. The summed E-state index contributed by atoms with van der Waals surface area (Å²) >= 11 is 0. The first-order valence-electron chi connectivity index (χ1n) is 9.67. The van der Waals surface area contributed by atoms with E-state index in [0.29, 0.717) is 18.3 Å². The first kappa shape index (κ1) is 19.9. The van der Waals surface area contributed by atoms with Crippen LogP contribution in [0.15, 0.2) is 39.9 Å². The molecule has 1 atom stereocenters. The molecule has 7 nitrogen and oxygen atoms in total. The topological polar surface area (TPSA) is 74.3 Å². The van der Waals surface area contributed by atoms with Crippen LogP contribution in [0.3, 0.4) is 0 Å². The highest BCUT2D eigenvalue weighted by molar-refractivity contribution is 5.53. The van der Waals surface area contributed by atoms with Crippen molar-refractivity contribution in [1.82, 2.24) is 14.0 Å². The van der Waals surface area contributed by atoms with Gasteiger partial charge in [0.2, 0.25) is 0 Å². The van der Waals surface area contributed by atoms with Gasteiger partial charge in [0, 0.05) is 40.3 Å². The number of hydrogen-bond acceptors (Lipinski definition) is 5. The highest BCUT2D eigenvalue weighted by Gasteiger charge is 2.27. The van der Waals surface area contributed by atoms with Crippen molar-refractivity contribution in [2.75, 3.05) is 31.1 Å². The molecule has 1 aliphatic rings. The molecule has 2 heterocycles. The second-order valence-electron chi connectivity index (χ2n) is 7.43. The Labute approximate surface area is 165 Å². The summed E-state index contributed by atoms with van der Waals surface area (Å²) in [6.45, 7) is 6.25. The fraction of sp³-hybridized carbons (Fsp3) is 0.476. The zero-order chi connectivity index (χ0) is 20.3. The van der Waals surface area contributed by atoms with Crippen LogP contribution in [0.5, 0.6) is 0 Å². The second-order valence-corrected chi connectivity index (χ2v) is 7.43. The smallest absolute Gasteiger partial charge is 0.332 e. The van der Waals surface area contributed by atoms with Gasteiger partial charge in [-0.2, -0.15) is 5.26 Å². The molecule has 2 aromatic rings. The number of rotatable bonds is 6. The Hall–Kier alpha value is -2.85. The van der Waals surface area contributed by atoms with Gasteiger partial charge < -0.3 is 4.90 Å². The van der Waals surface area contributed by atoms with E-state index in [1.54, 1.807) is 7.05 Å². The van der Waals surface area contributed by atoms with Crippen LogP contribution in [0.4, 0.5) is 5.82 Å². The van der Waals surface area contributed by atoms with Gasteiger partial charge in [0.1, 0.15) is 11.9 Å². The van der Waals surface area contributed by atoms with E-state index in [4.69, 9.17) is 0 Å². The fourth-order valence-electron chi connectivity index (χ4n) is 4.03. The van der Waals surface area contributed by atoms with Crippen LogP contribution in [-0.4, -0.2) is 40.2 Å². The molecule has 1 saturated heterocycles. The van der Waals surface area contributed by atoms with Crippen molar-refractivity contribution in [2.45, 2.75) is 19.9 Å². The minimum Gasteiger partial charge on any atom is -0.357 e. The lowest BCUT2D eigenvalue weighted by Crippen LogP contribution is -2.43. The van der Waals surface area contributed by atoms with Crippen molar-refractivity contribution < 1.29 is 0 Å². The number of hydrogen-bond donors (Lipinski definition) is 0. The van der Waals surface area contributed by atoms with E-state index < -0.39 is 11.2 Å². The van der Waals surface area contributed by atoms with Gasteiger partial charge >= 0.3 is 5.69 Å². The molecule has 1 aromatic heterocycles. The van der Waals surface area contributed by atoms with Gasteiger partial charge in [-0.25, -0.2) is 4.79 Å². The van der Waals surface area contributed by atoms with Crippen LogP contribution < -0.4 is 16.1 Å². The van der Waals surface area contributed by atoms with Gasteiger partial charge in [-0.15, -0.1) is 0 Å². The fourth-order valence-corrected chi connectivity index (χ4v) is 4.03. The van der Waals surface area contributed by atoms with E-state index in [-0.39, 0.29) is 5.56 Å². The van der Waals surface area contributed by atoms with Gasteiger partial charge in [-0.05, 0) is 31.4 Å². The molecule has 1 aromatic carbocycles. The average molecular weight is 381 g/mol. The summed E-state index contributed by atoms with van der Waals surface area (Å²) in [4.78, 5) is 29.2. The molecular weight excluding hydrogens is 354 g/mol. The highest BCUT2D eigenvalue weighted by atomic mass is 16.2. The number of anilines is 1. The minimum absolute atomic E-state index is 0.0330. The summed E-state index contributed by atoms with van der Waals surface area (Å²) in [5.74, 6) is 0.856. The molecule has 7 heteroatoms. The molecule has 0 saturated carbocycles. The van der Waals surface area contributed by atoms with E-state index in [2.05, 4.69) is 29.2 Å². The second kappa shape index (κ2) is 8.44. The van der Waals surface area contributed by atoms with Gasteiger partial charge in [0.15, 0.2) is 5.56 Å². The Morgan fingerprint density at radius 2 is 1.89 bits per heavy atom. The zero-order valence-corrected chi connectivity index (χ0v) is 16.8. The van der Waals surface area contributed by atoms with E-state index in [9.17, 15) is 14.9 Å². The number of nitriles is 1. The maximum Gasteiger partial charge on any atom is 0.332 e. The van der Waals surface area contributed by atoms with Crippen LogP contribution in [0, 0.1) is 17.2 Å². The van der Waals surface area contributed by atoms with Crippen molar-refractivity contribution in [3.63, 3.8) is 0 Å². The molecule has 0 amide bonds. The third kappa shape index (κ3) is 3.87. The van der Waals surface area contributed by atoms with Gasteiger partial charge in [0.05, 0.1) is 0 Å². The van der Waals surface area contributed by atoms with Crippen molar-refractivity contribution in [3.05, 3.63) is 62.3 Å². The maximum atomic E-state index is 12.4. The lowest BCUT2D eigenvalue weighted by atomic mass is 10.1. The summed E-state index contributed by atoms with van der Waals surface area (Å²) in [5, 5.41) is 9.54. The lowest BCUT2D eigenvalue weighted by molar-refractivity contribution is 0.317. The van der Waals surface area contributed by atoms with Crippen LogP contribution in [-0.2, 0) is 20.6 Å². The molecule has 0 aliphatic carbocycles. The van der Waals surface area contributed by atoms with Crippen LogP contribution in [0.25, 0.3) is 0 Å². The van der Waals surface area contributed by atoms with Gasteiger partial charge in [0.25, 0.3) is 5.56 Å². The normalized spacial score (nSPS) is 16.9. The van der Waals surface area contributed by atoms with Crippen molar-refractivity contribution in [3.8, 4) is 6.07 Å². The van der Waals surface area contributed by atoms with E-state index in [0.717, 1.165) is 37.2 Å². The molecular formula is C21H27N5O2. The van der Waals surface area contributed by atoms with Gasteiger partial charge in [-0.1, -0.05) is 30.3 Å². The van der Waals surface area contributed by atoms with Crippen LogP contribution >= 0.6 is 0 Å². The van der Waals surface area contributed by atoms with Crippen molar-refractivity contribution in [1.29, 1.82) is 5.26 Å². The summed E-state index contributed by atoms with van der Waals surface area (Å²) in [6.07, 6.45) is 1.06. The molecule has 0 radical (unpaired) electrons. The third-order valence-electron chi connectivity index (χ3n) is 5.52. The largest absolute Gasteiger partial charge is 0.357 e. The molecule has 148 valence electrons. The maximum absolute atomic E-state index is 12.4. The lowest BCUT2D eigenvalue weighted by Gasteiger charge is -2.28. The number of nitrogens with zero attached hydrogens (tertiary/aromatic N) is 5. The molecule has 1 unspecified atom stereocenters. The number of likely N-dealkylation sites (tertiary alicyclic amines) is 1. The highest BCUT2D eigenvalue weighted by Crippen LogP contribution is 2.23. The molecule has 28 heavy (non-hydrogen) atoms. The van der Waals surface area contributed by atoms with Crippen molar-refractivity contribution >= 4 is 5.82 Å².